The highest BCUT2D eigenvalue weighted by Gasteiger charge is 2.36. The van der Waals surface area contributed by atoms with Gasteiger partial charge in [-0.3, -0.25) is 9.69 Å². The van der Waals surface area contributed by atoms with Gasteiger partial charge in [0, 0.05) is 12.6 Å². The Hall–Kier alpha value is -0.570. The molecule has 1 fully saturated rings. The van der Waals surface area contributed by atoms with Crippen LogP contribution in [0.15, 0.2) is 0 Å². The zero-order valence-corrected chi connectivity index (χ0v) is 11.7. The fraction of sp³-hybridized carbons (Fsp3) is 0.929. The SMILES string of the molecule is CC(C)CN(CC(=O)O)C1CCCCC1(C)C. The summed E-state index contributed by atoms with van der Waals surface area (Å²) in [6.45, 7) is 9.96. The normalized spacial score (nSPS) is 24.2. The summed E-state index contributed by atoms with van der Waals surface area (Å²) >= 11 is 0. The van der Waals surface area contributed by atoms with Gasteiger partial charge in [0.05, 0.1) is 6.54 Å². The Morgan fingerprint density at radius 1 is 1.41 bits per heavy atom. The number of carboxylic acids is 1. The molecule has 1 unspecified atom stereocenters. The lowest BCUT2D eigenvalue weighted by Gasteiger charge is -2.45. The molecule has 3 heteroatoms. The van der Waals surface area contributed by atoms with Gasteiger partial charge in [0.15, 0.2) is 0 Å². The van der Waals surface area contributed by atoms with Gasteiger partial charge in [-0.05, 0) is 24.2 Å². The van der Waals surface area contributed by atoms with E-state index < -0.39 is 5.97 Å². The second kappa shape index (κ2) is 5.85. The summed E-state index contributed by atoms with van der Waals surface area (Å²) < 4.78 is 0. The first-order valence-corrected chi connectivity index (χ1v) is 6.79. The van der Waals surface area contributed by atoms with Crippen LogP contribution in [0.4, 0.5) is 0 Å². The predicted octanol–water partition coefficient (Wildman–Crippen LogP) is 3.00. The monoisotopic (exact) mass is 241 g/mol. The van der Waals surface area contributed by atoms with Gasteiger partial charge in [0.2, 0.25) is 0 Å². The van der Waals surface area contributed by atoms with Crippen molar-refractivity contribution < 1.29 is 9.90 Å². The zero-order valence-electron chi connectivity index (χ0n) is 11.7. The molecule has 0 amide bonds. The molecule has 0 saturated heterocycles. The number of rotatable bonds is 5. The van der Waals surface area contributed by atoms with Gasteiger partial charge in [0.25, 0.3) is 0 Å². The van der Waals surface area contributed by atoms with Crippen molar-refractivity contribution in [3.63, 3.8) is 0 Å². The highest BCUT2D eigenvalue weighted by atomic mass is 16.4. The molecule has 1 aliphatic carbocycles. The molecule has 0 heterocycles. The first kappa shape index (κ1) is 14.5. The minimum Gasteiger partial charge on any atom is -0.480 e. The average molecular weight is 241 g/mol. The number of hydrogen-bond donors (Lipinski definition) is 1. The zero-order chi connectivity index (χ0) is 13.1. The fourth-order valence-electron chi connectivity index (χ4n) is 3.10. The third-order valence-electron chi connectivity index (χ3n) is 3.83. The van der Waals surface area contributed by atoms with Gasteiger partial charge in [-0.2, -0.15) is 0 Å². The Bertz CT molecular complexity index is 261. The van der Waals surface area contributed by atoms with Crippen molar-refractivity contribution in [3.8, 4) is 0 Å². The first-order chi connectivity index (χ1) is 7.83. The fourth-order valence-corrected chi connectivity index (χ4v) is 3.10. The smallest absolute Gasteiger partial charge is 0.317 e. The Morgan fingerprint density at radius 3 is 2.53 bits per heavy atom. The molecule has 1 atom stereocenters. The summed E-state index contributed by atoms with van der Waals surface area (Å²) in [4.78, 5) is 13.2. The van der Waals surface area contributed by atoms with E-state index in [0.29, 0.717) is 12.0 Å². The molecule has 0 aliphatic heterocycles. The van der Waals surface area contributed by atoms with Crippen LogP contribution in [0.25, 0.3) is 0 Å². The van der Waals surface area contributed by atoms with E-state index in [2.05, 4.69) is 32.6 Å². The molecule has 0 aromatic carbocycles. The summed E-state index contributed by atoms with van der Waals surface area (Å²) in [6.07, 6.45) is 4.88. The first-order valence-electron chi connectivity index (χ1n) is 6.79. The van der Waals surface area contributed by atoms with Crippen LogP contribution in [0.5, 0.6) is 0 Å². The summed E-state index contributed by atoms with van der Waals surface area (Å²) in [7, 11) is 0. The van der Waals surface area contributed by atoms with Gasteiger partial charge in [-0.25, -0.2) is 0 Å². The van der Waals surface area contributed by atoms with E-state index in [-0.39, 0.29) is 12.0 Å². The van der Waals surface area contributed by atoms with Crippen LogP contribution >= 0.6 is 0 Å². The minimum atomic E-state index is -0.702. The van der Waals surface area contributed by atoms with Crippen molar-refractivity contribution in [2.75, 3.05) is 13.1 Å². The van der Waals surface area contributed by atoms with Gasteiger partial charge in [-0.15, -0.1) is 0 Å². The molecular weight excluding hydrogens is 214 g/mol. The average Bonchev–Trinajstić information content (AvgIpc) is 2.14. The molecule has 0 aromatic rings. The quantitative estimate of drug-likeness (QED) is 0.804. The summed E-state index contributed by atoms with van der Waals surface area (Å²) in [6, 6.07) is 0.426. The molecule has 0 aromatic heterocycles. The van der Waals surface area contributed by atoms with Crippen molar-refractivity contribution in [2.45, 2.75) is 59.4 Å². The second-order valence-corrected chi connectivity index (χ2v) is 6.47. The van der Waals surface area contributed by atoms with E-state index in [1.807, 2.05) is 0 Å². The molecular formula is C14H27NO2. The second-order valence-electron chi connectivity index (χ2n) is 6.47. The molecule has 1 aliphatic rings. The lowest BCUT2D eigenvalue weighted by molar-refractivity contribution is -0.140. The topological polar surface area (TPSA) is 40.5 Å². The van der Waals surface area contributed by atoms with E-state index in [1.165, 1.54) is 19.3 Å². The van der Waals surface area contributed by atoms with Crippen molar-refractivity contribution in [1.82, 2.24) is 4.90 Å². The molecule has 3 nitrogen and oxygen atoms in total. The van der Waals surface area contributed by atoms with E-state index in [4.69, 9.17) is 5.11 Å². The van der Waals surface area contributed by atoms with Crippen molar-refractivity contribution in [2.24, 2.45) is 11.3 Å². The standard InChI is InChI=1S/C14H27NO2/c1-11(2)9-15(10-13(16)17)12-7-5-6-8-14(12,3)4/h11-12H,5-10H2,1-4H3,(H,16,17). The highest BCUT2D eigenvalue weighted by Crippen LogP contribution is 2.38. The van der Waals surface area contributed by atoms with Gasteiger partial charge >= 0.3 is 5.97 Å². The van der Waals surface area contributed by atoms with E-state index in [1.54, 1.807) is 0 Å². The summed E-state index contributed by atoms with van der Waals surface area (Å²) in [5.74, 6) is -0.181. The maximum Gasteiger partial charge on any atom is 0.317 e. The predicted molar refractivity (Wildman–Crippen MR) is 70.1 cm³/mol. The van der Waals surface area contributed by atoms with Crippen LogP contribution in [-0.2, 0) is 4.79 Å². The minimum absolute atomic E-state index is 0.187. The maximum absolute atomic E-state index is 11.0. The van der Waals surface area contributed by atoms with Crippen LogP contribution in [0.3, 0.4) is 0 Å². The van der Waals surface area contributed by atoms with Crippen LogP contribution in [0.2, 0.25) is 0 Å². The van der Waals surface area contributed by atoms with Crippen molar-refractivity contribution >= 4 is 5.97 Å². The lowest BCUT2D eigenvalue weighted by atomic mass is 9.72. The van der Waals surface area contributed by atoms with Crippen molar-refractivity contribution in [1.29, 1.82) is 0 Å². The molecule has 0 radical (unpaired) electrons. The molecule has 0 spiro atoms. The Kier molecular flexibility index (Phi) is 4.99. The van der Waals surface area contributed by atoms with E-state index in [0.717, 1.165) is 13.0 Å². The molecule has 1 saturated carbocycles. The third-order valence-corrected chi connectivity index (χ3v) is 3.83. The third kappa shape index (κ3) is 4.30. The number of carboxylic acid groups (broad SMARTS) is 1. The molecule has 1 rings (SSSR count). The largest absolute Gasteiger partial charge is 0.480 e. The molecule has 100 valence electrons. The molecule has 0 bridgehead atoms. The van der Waals surface area contributed by atoms with Crippen molar-refractivity contribution in [3.05, 3.63) is 0 Å². The van der Waals surface area contributed by atoms with Gasteiger partial charge in [-0.1, -0.05) is 40.5 Å². The maximum atomic E-state index is 11.0. The number of aliphatic carboxylic acids is 1. The lowest BCUT2D eigenvalue weighted by Crippen LogP contribution is -2.50. The molecule has 1 N–H and O–H groups in total. The summed E-state index contributed by atoms with van der Waals surface area (Å²) in [5, 5.41) is 9.06. The molecule has 17 heavy (non-hydrogen) atoms. The number of nitrogens with zero attached hydrogens (tertiary/aromatic N) is 1. The summed E-state index contributed by atoms with van der Waals surface area (Å²) in [5.41, 5.74) is 0.253. The Morgan fingerprint density at radius 2 is 2.06 bits per heavy atom. The Labute approximate surface area is 105 Å². The van der Waals surface area contributed by atoms with Crippen LogP contribution < -0.4 is 0 Å². The highest BCUT2D eigenvalue weighted by molar-refractivity contribution is 5.69. The number of hydrogen-bond acceptors (Lipinski definition) is 2. The van der Waals surface area contributed by atoms with Crippen LogP contribution in [0.1, 0.15) is 53.4 Å². The van der Waals surface area contributed by atoms with Gasteiger partial charge < -0.3 is 5.11 Å². The van der Waals surface area contributed by atoms with E-state index >= 15 is 0 Å². The van der Waals surface area contributed by atoms with E-state index in [9.17, 15) is 4.79 Å². The van der Waals surface area contributed by atoms with Crippen LogP contribution in [-0.4, -0.2) is 35.1 Å². The number of carbonyl (C=O) groups is 1. The Balaban J connectivity index is 2.75. The van der Waals surface area contributed by atoms with Crippen LogP contribution in [0, 0.1) is 11.3 Å². The van der Waals surface area contributed by atoms with Gasteiger partial charge in [0.1, 0.15) is 0 Å².